The van der Waals surface area contributed by atoms with Crippen LogP contribution in [0.3, 0.4) is 0 Å². The quantitative estimate of drug-likeness (QED) is 0.553. The summed E-state index contributed by atoms with van der Waals surface area (Å²) in [6.07, 6.45) is -3.39. The maximum absolute atomic E-state index is 13.1. The summed E-state index contributed by atoms with van der Waals surface area (Å²) < 4.78 is 51.2. The predicted octanol–water partition coefficient (Wildman–Crippen LogP) is 3.46. The number of nitrogens with zero attached hydrogens (tertiary/aromatic N) is 4. The van der Waals surface area contributed by atoms with Crippen molar-refractivity contribution in [2.24, 2.45) is 0 Å². The molecule has 2 aliphatic heterocycles. The van der Waals surface area contributed by atoms with E-state index in [1.54, 1.807) is 6.92 Å². The third kappa shape index (κ3) is 6.52. The number of hydrogen-bond donors (Lipinski definition) is 1. The topological polar surface area (TPSA) is 88.0 Å². The predicted molar refractivity (Wildman–Crippen MR) is 127 cm³/mol. The highest BCUT2D eigenvalue weighted by Gasteiger charge is 2.47. The van der Waals surface area contributed by atoms with Gasteiger partial charge in [0.2, 0.25) is 5.95 Å². The van der Waals surface area contributed by atoms with Crippen LogP contribution in [0.15, 0.2) is 12.4 Å². The molecule has 1 aromatic heterocycles. The van der Waals surface area contributed by atoms with E-state index in [1.165, 1.54) is 0 Å². The highest BCUT2D eigenvalue weighted by atomic mass is 28.4. The maximum Gasteiger partial charge on any atom is 0.419 e. The molecule has 0 saturated carbocycles. The van der Waals surface area contributed by atoms with Gasteiger partial charge in [-0.1, -0.05) is 20.8 Å². The number of hydrogen-bond acceptors (Lipinski definition) is 7. The van der Waals surface area contributed by atoms with E-state index >= 15 is 0 Å². The first-order valence-corrected chi connectivity index (χ1v) is 14.9. The largest absolute Gasteiger partial charge is 0.419 e. The normalized spacial score (nSPS) is 25.3. The van der Waals surface area contributed by atoms with Gasteiger partial charge in [0.1, 0.15) is 6.10 Å². The molecule has 12 heteroatoms. The molecule has 3 rings (SSSR count). The summed E-state index contributed by atoms with van der Waals surface area (Å²) in [6, 6.07) is -0.192. The summed E-state index contributed by atoms with van der Waals surface area (Å²) in [5, 5.41) is 9.45. The molecule has 1 amide bonds. The first-order chi connectivity index (χ1) is 16.1. The number of carbonyl (C=O) groups excluding carboxylic acids is 1. The molecule has 2 saturated heterocycles. The van der Waals surface area contributed by atoms with Crippen LogP contribution in [0.2, 0.25) is 18.1 Å². The Balaban J connectivity index is 1.81. The first kappa shape index (κ1) is 27.8. The fourth-order valence-electron chi connectivity index (χ4n) is 4.16. The van der Waals surface area contributed by atoms with Gasteiger partial charge in [-0.25, -0.2) is 9.97 Å². The van der Waals surface area contributed by atoms with Crippen LogP contribution in [0.5, 0.6) is 0 Å². The van der Waals surface area contributed by atoms with E-state index in [1.807, 2.05) is 9.80 Å². The number of aromatic nitrogens is 2. The minimum atomic E-state index is -4.50. The minimum absolute atomic E-state index is 0.0669. The number of aliphatic hydroxyl groups excluding tert-OH is 1. The average molecular weight is 519 g/mol. The Labute approximate surface area is 205 Å². The fraction of sp³-hybridized carbons (Fsp3) is 0.783. The number of halogens is 3. The van der Waals surface area contributed by atoms with Gasteiger partial charge in [-0.2, -0.15) is 13.2 Å². The molecule has 1 aromatic rings. The third-order valence-corrected chi connectivity index (χ3v) is 11.7. The van der Waals surface area contributed by atoms with Crippen LogP contribution in [0.4, 0.5) is 19.1 Å². The molecule has 0 spiro atoms. The van der Waals surface area contributed by atoms with Crippen molar-refractivity contribution in [3.8, 4) is 0 Å². The summed E-state index contributed by atoms with van der Waals surface area (Å²) in [7, 11) is -2.24. The van der Waals surface area contributed by atoms with Crippen LogP contribution >= 0.6 is 0 Å². The average Bonchev–Trinajstić information content (AvgIpc) is 3.10. The van der Waals surface area contributed by atoms with Gasteiger partial charge in [0.05, 0.1) is 30.4 Å². The van der Waals surface area contributed by atoms with Gasteiger partial charge in [-0.15, -0.1) is 0 Å². The van der Waals surface area contributed by atoms with Gasteiger partial charge in [-0.05, 0) is 31.5 Å². The second-order valence-electron chi connectivity index (χ2n) is 11.0. The van der Waals surface area contributed by atoms with Crippen LogP contribution in [-0.4, -0.2) is 84.8 Å². The molecule has 2 unspecified atom stereocenters. The molecule has 0 aromatic carbocycles. The summed E-state index contributed by atoms with van der Waals surface area (Å²) in [5.74, 6) is 0.102. The Morgan fingerprint density at radius 3 is 2.34 bits per heavy atom. The minimum Gasteiger partial charge on any atom is -0.410 e. The molecule has 8 nitrogen and oxygen atoms in total. The van der Waals surface area contributed by atoms with Crippen molar-refractivity contribution < 1.29 is 32.2 Å². The van der Waals surface area contributed by atoms with E-state index in [9.17, 15) is 23.1 Å². The molecule has 0 radical (unpaired) electrons. The number of amides is 1. The van der Waals surface area contributed by atoms with E-state index in [-0.39, 0.29) is 35.6 Å². The molecule has 1 N–H and O–H groups in total. The monoisotopic (exact) mass is 518 g/mol. The first-order valence-electron chi connectivity index (χ1n) is 12.0. The molecule has 0 aliphatic carbocycles. The molecular weight excluding hydrogens is 481 g/mol. The van der Waals surface area contributed by atoms with E-state index in [4.69, 9.17) is 9.16 Å². The second kappa shape index (κ2) is 10.3. The molecule has 2 aliphatic rings. The number of carbonyl (C=O) groups is 1. The lowest BCUT2D eigenvalue weighted by Crippen LogP contribution is -2.60. The van der Waals surface area contributed by atoms with Crippen LogP contribution < -0.4 is 4.90 Å². The molecular formula is C23H37F3N4O4Si. The summed E-state index contributed by atoms with van der Waals surface area (Å²) in [6.45, 7) is 13.8. The van der Waals surface area contributed by atoms with Gasteiger partial charge < -0.3 is 24.1 Å². The molecule has 35 heavy (non-hydrogen) atoms. The Morgan fingerprint density at radius 2 is 1.80 bits per heavy atom. The van der Waals surface area contributed by atoms with Crippen molar-refractivity contribution in [1.82, 2.24) is 14.9 Å². The Hall–Kier alpha value is -1.76. The number of piperidine rings is 1. The number of ether oxygens (including phenoxy) is 1. The van der Waals surface area contributed by atoms with Crippen molar-refractivity contribution in [3.63, 3.8) is 0 Å². The Kier molecular flexibility index (Phi) is 8.19. The highest BCUT2D eigenvalue weighted by molar-refractivity contribution is 6.74. The van der Waals surface area contributed by atoms with Crippen LogP contribution in [0.1, 0.15) is 46.1 Å². The zero-order valence-electron chi connectivity index (χ0n) is 21.3. The SMILES string of the molecule is C[C@H](O)COC1CCN(C2CCN(c3ncc(C(F)(F)F)cn3)C[C@H]2O[Si](C)(C)C(C)(C)C)C1=O. The molecule has 3 heterocycles. The van der Waals surface area contributed by atoms with Crippen molar-refractivity contribution in [1.29, 1.82) is 0 Å². The maximum atomic E-state index is 13.1. The zero-order chi connectivity index (χ0) is 26.2. The summed E-state index contributed by atoms with van der Waals surface area (Å²) in [4.78, 5) is 24.7. The number of likely N-dealkylation sites (tertiary alicyclic amines) is 1. The fourth-order valence-corrected chi connectivity index (χ4v) is 5.50. The van der Waals surface area contributed by atoms with Crippen LogP contribution in [0.25, 0.3) is 0 Å². The van der Waals surface area contributed by atoms with Crippen LogP contribution in [-0.2, 0) is 20.1 Å². The van der Waals surface area contributed by atoms with Gasteiger partial charge >= 0.3 is 6.18 Å². The molecule has 2 fully saturated rings. The van der Waals surface area contributed by atoms with Crippen molar-refractivity contribution in [2.45, 2.75) is 89.2 Å². The van der Waals surface area contributed by atoms with E-state index in [0.717, 1.165) is 12.4 Å². The number of aliphatic hydroxyl groups is 1. The lowest BCUT2D eigenvalue weighted by atomic mass is 10.0. The van der Waals surface area contributed by atoms with Crippen molar-refractivity contribution >= 4 is 20.2 Å². The van der Waals surface area contributed by atoms with Crippen molar-refractivity contribution in [2.75, 3.05) is 31.1 Å². The highest BCUT2D eigenvalue weighted by Crippen LogP contribution is 2.39. The number of anilines is 1. The Morgan fingerprint density at radius 1 is 1.17 bits per heavy atom. The van der Waals surface area contributed by atoms with Gasteiger partial charge in [0.15, 0.2) is 8.32 Å². The molecule has 0 bridgehead atoms. The standard InChI is InChI=1S/C23H37F3N4O4Si/c1-15(31)14-33-18-8-10-30(20(18)32)17-7-9-29(13-19(17)34-35(5,6)22(2,3)4)21-27-11-16(12-28-21)23(24,25)26/h11-12,15,17-19,31H,7-10,13-14H2,1-6H3/t15-,17?,18?,19+/m0/s1. The third-order valence-electron chi connectivity index (χ3n) is 7.15. The smallest absolute Gasteiger partial charge is 0.410 e. The van der Waals surface area contributed by atoms with Gasteiger partial charge in [0, 0.05) is 38.4 Å². The Bertz CT molecular complexity index is 877. The zero-order valence-corrected chi connectivity index (χ0v) is 22.3. The molecule has 4 atom stereocenters. The second-order valence-corrected chi connectivity index (χ2v) is 15.7. The van der Waals surface area contributed by atoms with Crippen LogP contribution in [0, 0.1) is 0 Å². The van der Waals surface area contributed by atoms with Gasteiger partial charge in [-0.3, -0.25) is 4.79 Å². The van der Waals surface area contributed by atoms with Gasteiger partial charge in [0.25, 0.3) is 5.91 Å². The van der Waals surface area contributed by atoms with E-state index in [0.29, 0.717) is 32.5 Å². The van der Waals surface area contributed by atoms with E-state index < -0.39 is 32.3 Å². The van der Waals surface area contributed by atoms with Crippen molar-refractivity contribution in [3.05, 3.63) is 18.0 Å². The number of rotatable bonds is 7. The summed E-state index contributed by atoms with van der Waals surface area (Å²) in [5.41, 5.74) is -0.892. The lowest BCUT2D eigenvalue weighted by molar-refractivity contribution is -0.142. The summed E-state index contributed by atoms with van der Waals surface area (Å²) >= 11 is 0. The van der Waals surface area contributed by atoms with E-state index in [2.05, 4.69) is 43.8 Å². The lowest BCUT2D eigenvalue weighted by Gasteiger charge is -2.47. The number of alkyl halides is 3. The molecule has 198 valence electrons.